The molecule has 1 aromatic carbocycles. The van der Waals surface area contributed by atoms with Crippen LogP contribution in [0, 0.1) is 0 Å². The molecule has 5 heteroatoms. The Bertz CT molecular complexity index is 580. The van der Waals surface area contributed by atoms with Gasteiger partial charge in [0.2, 0.25) is 5.89 Å². The van der Waals surface area contributed by atoms with Gasteiger partial charge in [0.15, 0.2) is 5.82 Å². The molecule has 0 amide bonds. The monoisotopic (exact) mass is 273 g/mol. The van der Waals surface area contributed by atoms with Crippen molar-refractivity contribution < 1.29 is 9.63 Å². The number of rotatable bonds is 3. The van der Waals surface area contributed by atoms with Crippen molar-refractivity contribution in [2.75, 3.05) is 6.54 Å². The number of hydrogen-bond donors (Lipinski definition) is 2. The minimum absolute atomic E-state index is 0.0437. The van der Waals surface area contributed by atoms with E-state index in [2.05, 4.69) is 41.4 Å². The first kappa shape index (κ1) is 13.3. The molecule has 0 spiro atoms. The minimum Gasteiger partial charge on any atom is -0.392 e. The summed E-state index contributed by atoms with van der Waals surface area (Å²) in [6, 6.07) is 10.1. The summed E-state index contributed by atoms with van der Waals surface area (Å²) in [5.41, 5.74) is 0.840. The second-order valence-corrected chi connectivity index (χ2v) is 5.80. The molecule has 5 nitrogen and oxygen atoms in total. The largest absolute Gasteiger partial charge is 0.392 e. The van der Waals surface area contributed by atoms with Crippen LogP contribution in [0.25, 0.3) is 0 Å². The van der Waals surface area contributed by atoms with Crippen molar-refractivity contribution >= 4 is 0 Å². The fraction of sp³-hybridized carbons (Fsp3) is 0.467. The summed E-state index contributed by atoms with van der Waals surface area (Å²) in [6.45, 7) is 4.73. The Hall–Kier alpha value is -1.72. The van der Waals surface area contributed by atoms with Crippen molar-refractivity contribution in [1.82, 2.24) is 15.5 Å². The van der Waals surface area contributed by atoms with E-state index in [-0.39, 0.29) is 17.6 Å². The summed E-state index contributed by atoms with van der Waals surface area (Å²) in [5.74, 6) is 1.22. The third kappa shape index (κ3) is 2.34. The van der Waals surface area contributed by atoms with Crippen LogP contribution >= 0.6 is 0 Å². The molecule has 1 aliphatic heterocycles. The fourth-order valence-corrected chi connectivity index (χ4v) is 2.52. The second kappa shape index (κ2) is 5.00. The number of benzene rings is 1. The van der Waals surface area contributed by atoms with E-state index in [1.165, 1.54) is 0 Å². The van der Waals surface area contributed by atoms with Crippen molar-refractivity contribution in [2.45, 2.75) is 37.8 Å². The van der Waals surface area contributed by atoms with Gasteiger partial charge in [-0.05, 0) is 25.8 Å². The maximum atomic E-state index is 9.55. The molecule has 2 atom stereocenters. The Morgan fingerprint density at radius 2 is 2.05 bits per heavy atom. The lowest BCUT2D eigenvalue weighted by Gasteiger charge is -2.20. The normalized spacial score (nSPS) is 23.1. The van der Waals surface area contributed by atoms with Gasteiger partial charge in [-0.25, -0.2) is 0 Å². The highest BCUT2D eigenvalue weighted by Gasteiger charge is 2.32. The molecule has 2 aromatic rings. The van der Waals surface area contributed by atoms with Gasteiger partial charge in [-0.15, -0.1) is 0 Å². The topological polar surface area (TPSA) is 71.2 Å². The molecule has 0 radical (unpaired) electrons. The van der Waals surface area contributed by atoms with Crippen LogP contribution in [0.15, 0.2) is 34.9 Å². The second-order valence-electron chi connectivity index (χ2n) is 5.80. The molecule has 0 unspecified atom stereocenters. The zero-order valence-electron chi connectivity index (χ0n) is 11.7. The van der Waals surface area contributed by atoms with Crippen LogP contribution in [0.2, 0.25) is 0 Å². The average molecular weight is 273 g/mol. The molecule has 0 bridgehead atoms. The molecule has 0 aliphatic carbocycles. The Labute approximate surface area is 118 Å². The third-order valence-electron chi connectivity index (χ3n) is 3.90. The van der Waals surface area contributed by atoms with Crippen molar-refractivity contribution in [1.29, 1.82) is 0 Å². The molecule has 1 saturated heterocycles. The van der Waals surface area contributed by atoms with E-state index in [4.69, 9.17) is 4.52 Å². The Morgan fingerprint density at radius 1 is 1.30 bits per heavy atom. The molecule has 20 heavy (non-hydrogen) atoms. The molecule has 1 aromatic heterocycles. The summed E-state index contributed by atoms with van der Waals surface area (Å²) >= 11 is 0. The zero-order valence-corrected chi connectivity index (χ0v) is 11.7. The van der Waals surface area contributed by atoms with E-state index in [1.807, 2.05) is 18.2 Å². The first-order chi connectivity index (χ1) is 9.57. The van der Waals surface area contributed by atoms with Crippen LogP contribution in [-0.4, -0.2) is 27.9 Å². The fourth-order valence-electron chi connectivity index (χ4n) is 2.52. The van der Waals surface area contributed by atoms with E-state index in [9.17, 15) is 5.11 Å². The number of hydrogen-bond acceptors (Lipinski definition) is 5. The van der Waals surface area contributed by atoms with Crippen LogP contribution in [-0.2, 0) is 5.41 Å². The van der Waals surface area contributed by atoms with Gasteiger partial charge in [-0.1, -0.05) is 35.5 Å². The van der Waals surface area contributed by atoms with Crippen LogP contribution in [0.1, 0.15) is 43.6 Å². The molecule has 0 saturated carbocycles. The summed E-state index contributed by atoms with van der Waals surface area (Å²) in [5, 5.41) is 16.9. The van der Waals surface area contributed by atoms with Gasteiger partial charge in [0.1, 0.15) is 0 Å². The Morgan fingerprint density at radius 3 is 2.70 bits per heavy atom. The number of aliphatic hydroxyl groups excluding tert-OH is 1. The smallest absolute Gasteiger partial charge is 0.243 e. The van der Waals surface area contributed by atoms with E-state index < -0.39 is 0 Å². The highest BCUT2D eigenvalue weighted by atomic mass is 16.5. The van der Waals surface area contributed by atoms with Gasteiger partial charge in [-0.3, -0.25) is 0 Å². The molecular weight excluding hydrogens is 254 g/mol. The predicted octanol–water partition coefficient (Wildman–Crippen LogP) is 1.79. The average Bonchev–Trinajstić information content (AvgIpc) is 3.08. The summed E-state index contributed by atoms with van der Waals surface area (Å²) in [6.07, 6.45) is 0.283. The van der Waals surface area contributed by atoms with Gasteiger partial charge in [-0.2, -0.15) is 4.98 Å². The molecule has 106 valence electrons. The Balaban J connectivity index is 1.86. The lowest BCUT2D eigenvalue weighted by atomic mass is 9.84. The van der Waals surface area contributed by atoms with Crippen LogP contribution in [0.4, 0.5) is 0 Å². The highest BCUT2D eigenvalue weighted by Crippen LogP contribution is 2.31. The Kier molecular flexibility index (Phi) is 3.31. The van der Waals surface area contributed by atoms with Crippen LogP contribution < -0.4 is 5.32 Å². The number of nitrogens with one attached hydrogen (secondary N) is 1. The van der Waals surface area contributed by atoms with Gasteiger partial charge in [0, 0.05) is 6.54 Å². The number of β-amino-alcohol motifs (C(OH)–C–C–N with tert-alkyl or cyclic N) is 1. The first-order valence-corrected chi connectivity index (χ1v) is 6.88. The van der Waals surface area contributed by atoms with Crippen molar-refractivity contribution in [3.8, 4) is 0 Å². The lowest BCUT2D eigenvalue weighted by Crippen LogP contribution is -2.21. The number of nitrogens with zero attached hydrogens (tertiary/aromatic N) is 2. The van der Waals surface area contributed by atoms with E-state index in [1.54, 1.807) is 0 Å². The molecule has 2 N–H and O–H groups in total. The van der Waals surface area contributed by atoms with Crippen molar-refractivity contribution in [3.05, 3.63) is 47.6 Å². The number of aromatic nitrogens is 2. The quantitative estimate of drug-likeness (QED) is 0.892. The predicted molar refractivity (Wildman–Crippen MR) is 74.2 cm³/mol. The van der Waals surface area contributed by atoms with Crippen molar-refractivity contribution in [2.24, 2.45) is 0 Å². The molecular formula is C15H19N3O2. The summed E-state index contributed by atoms with van der Waals surface area (Å²) < 4.78 is 5.37. The molecule has 1 aliphatic rings. The number of aliphatic hydroxyl groups is 1. The molecule has 2 heterocycles. The van der Waals surface area contributed by atoms with Crippen molar-refractivity contribution in [3.63, 3.8) is 0 Å². The minimum atomic E-state index is -0.336. The molecule has 3 rings (SSSR count). The summed E-state index contributed by atoms with van der Waals surface area (Å²) in [4.78, 5) is 4.52. The third-order valence-corrected chi connectivity index (χ3v) is 3.90. The summed E-state index contributed by atoms with van der Waals surface area (Å²) in [7, 11) is 0. The zero-order chi connectivity index (χ0) is 14.2. The van der Waals surface area contributed by atoms with E-state index in [0.717, 1.165) is 5.56 Å². The van der Waals surface area contributed by atoms with E-state index in [0.29, 0.717) is 24.7 Å². The van der Waals surface area contributed by atoms with Gasteiger partial charge < -0.3 is 14.9 Å². The van der Waals surface area contributed by atoms with Gasteiger partial charge >= 0.3 is 0 Å². The van der Waals surface area contributed by atoms with Crippen LogP contribution in [0.3, 0.4) is 0 Å². The standard InChI is InChI=1S/C15H19N3O2/c1-15(2,10-6-4-3-5-7-10)14-17-13(20-18-14)12-8-11(19)9-16-12/h3-7,11-12,16,19H,8-9H2,1-2H3/t11-,12+/m0/s1. The van der Waals surface area contributed by atoms with Crippen LogP contribution in [0.5, 0.6) is 0 Å². The van der Waals surface area contributed by atoms with Gasteiger partial charge in [0.25, 0.3) is 0 Å². The SMILES string of the molecule is CC(C)(c1ccccc1)c1noc([C@H]2C[C@H](O)CN2)n1. The lowest BCUT2D eigenvalue weighted by molar-refractivity contribution is 0.191. The maximum absolute atomic E-state index is 9.55. The van der Waals surface area contributed by atoms with E-state index >= 15 is 0 Å². The highest BCUT2D eigenvalue weighted by molar-refractivity contribution is 5.30. The molecule has 1 fully saturated rings. The maximum Gasteiger partial charge on any atom is 0.243 e. The van der Waals surface area contributed by atoms with Gasteiger partial charge in [0.05, 0.1) is 17.6 Å². The first-order valence-electron chi connectivity index (χ1n) is 6.88.